The molecule has 37 heavy (non-hydrogen) atoms. The van der Waals surface area contributed by atoms with Crippen molar-refractivity contribution in [3.8, 4) is 0 Å². The molecule has 4 nitrogen and oxygen atoms in total. The van der Waals surface area contributed by atoms with E-state index in [1.165, 1.54) is 5.56 Å². The largest absolute Gasteiger partial charge is 0.412 e. The van der Waals surface area contributed by atoms with Crippen molar-refractivity contribution in [2.45, 2.75) is 149 Å². The Balaban J connectivity index is 2.78. The van der Waals surface area contributed by atoms with E-state index < -0.39 is 16.6 Å². The minimum absolute atomic E-state index is 0.0597. The van der Waals surface area contributed by atoms with Crippen LogP contribution in [0.2, 0.25) is 39.3 Å². The molecular weight excluding hydrogens is 491 g/mol. The van der Waals surface area contributed by atoms with Gasteiger partial charge in [-0.3, -0.25) is 4.84 Å². The Morgan fingerprint density at radius 3 is 1.46 bits per heavy atom. The number of hydrogen-bond acceptors (Lipinski definition) is 4. The van der Waals surface area contributed by atoms with Gasteiger partial charge < -0.3 is 8.85 Å². The molecule has 0 bridgehead atoms. The summed E-state index contributed by atoms with van der Waals surface area (Å²) < 4.78 is 14.2. The van der Waals surface area contributed by atoms with E-state index in [1.807, 2.05) is 0 Å². The van der Waals surface area contributed by atoms with E-state index in [0.717, 1.165) is 32.1 Å². The van der Waals surface area contributed by atoms with E-state index in [2.05, 4.69) is 123 Å². The minimum atomic E-state index is -1.81. The first-order chi connectivity index (χ1) is 17.0. The van der Waals surface area contributed by atoms with Crippen LogP contribution in [0.25, 0.3) is 0 Å². The number of hydrogen-bond donors (Lipinski definition) is 0. The Morgan fingerprint density at radius 2 is 1.14 bits per heavy atom. The molecule has 6 heteroatoms. The molecule has 1 heterocycles. The van der Waals surface area contributed by atoms with Crippen LogP contribution in [0.5, 0.6) is 0 Å². The van der Waals surface area contributed by atoms with Crippen molar-refractivity contribution < 1.29 is 13.7 Å². The summed E-state index contributed by atoms with van der Waals surface area (Å²) >= 11 is 0. The molecule has 5 atom stereocenters. The quantitative estimate of drug-likeness (QED) is 0.229. The second kappa shape index (κ2) is 12.8. The maximum Gasteiger partial charge on any atom is 0.184 e. The van der Waals surface area contributed by atoms with E-state index in [4.69, 9.17) is 13.7 Å². The van der Waals surface area contributed by atoms with Gasteiger partial charge in [0.05, 0.1) is 23.3 Å². The van der Waals surface area contributed by atoms with Crippen molar-refractivity contribution in [1.29, 1.82) is 0 Å². The summed E-state index contributed by atoms with van der Waals surface area (Å²) in [6.07, 6.45) is 5.43. The topological polar surface area (TPSA) is 30.9 Å². The zero-order valence-corrected chi connectivity index (χ0v) is 28.5. The lowest BCUT2D eigenvalue weighted by Gasteiger charge is -2.63. The molecule has 214 valence electrons. The number of rotatable bonds is 13. The number of nitrogens with zero attached hydrogens (tertiary/aromatic N) is 1. The molecule has 1 aliphatic heterocycles. The minimum Gasteiger partial charge on any atom is -0.412 e. The second-order valence-electron chi connectivity index (χ2n) is 14.0. The molecule has 0 aliphatic carbocycles. The molecule has 0 aromatic heterocycles. The fourth-order valence-corrected chi connectivity index (χ4v) is 9.06. The molecule has 1 aromatic carbocycles. The molecule has 0 amide bonds. The van der Waals surface area contributed by atoms with Crippen molar-refractivity contribution in [1.82, 2.24) is 5.06 Å². The molecular formula is C31H59NO3Si2. The highest BCUT2D eigenvalue weighted by Crippen LogP contribution is 2.52. The fourth-order valence-electron chi connectivity index (χ4n) is 6.55. The maximum absolute atomic E-state index is 7.29. The summed E-state index contributed by atoms with van der Waals surface area (Å²) in [4.78, 5) is 7.29. The predicted molar refractivity (Wildman–Crippen MR) is 164 cm³/mol. The lowest BCUT2D eigenvalue weighted by atomic mass is 9.67. The molecule has 1 aliphatic rings. The fraction of sp³-hybridized carbons (Fsp3) is 0.806. The van der Waals surface area contributed by atoms with E-state index in [0.29, 0.717) is 11.8 Å². The van der Waals surface area contributed by atoms with E-state index in [1.54, 1.807) is 0 Å². The van der Waals surface area contributed by atoms with Gasteiger partial charge >= 0.3 is 0 Å². The van der Waals surface area contributed by atoms with Gasteiger partial charge in [-0.2, -0.15) is 5.06 Å². The lowest BCUT2D eigenvalue weighted by Crippen LogP contribution is -2.73. The van der Waals surface area contributed by atoms with Crippen LogP contribution in [0.1, 0.15) is 92.2 Å². The molecule has 0 N–H and O–H groups in total. The van der Waals surface area contributed by atoms with Crippen molar-refractivity contribution in [2.24, 2.45) is 11.8 Å². The Bertz CT molecular complexity index is 776. The van der Waals surface area contributed by atoms with E-state index in [9.17, 15) is 0 Å². The van der Waals surface area contributed by atoms with Gasteiger partial charge in [0, 0.05) is 0 Å². The first-order valence-electron chi connectivity index (χ1n) is 14.9. The Morgan fingerprint density at radius 1 is 0.730 bits per heavy atom. The van der Waals surface area contributed by atoms with Gasteiger partial charge in [0.2, 0.25) is 0 Å². The molecule has 0 saturated carbocycles. The van der Waals surface area contributed by atoms with Crippen molar-refractivity contribution in [3.05, 3.63) is 35.9 Å². The van der Waals surface area contributed by atoms with Gasteiger partial charge in [0.1, 0.15) is 6.10 Å². The number of hydroxylamine groups is 2. The standard InChI is InChI=1S/C31H59NO3Si2/c1-14-30(28(24(3)4)34-36(8,9)10)22-19-23-31(15-2,29(25(5)6)35-37(11,12)13)32(30)33-26(7)27-20-17-16-18-21-27/h16-18,20-21,24-26,28-29H,14-15,19,22-23H2,1-13H3/t26?,28?,29?,30-,31-/m0/s1. The van der Waals surface area contributed by atoms with Crippen molar-refractivity contribution >= 4 is 16.6 Å². The number of benzene rings is 1. The smallest absolute Gasteiger partial charge is 0.184 e. The third-order valence-corrected chi connectivity index (χ3v) is 9.94. The molecule has 2 rings (SSSR count). The van der Waals surface area contributed by atoms with Gasteiger partial charge in [-0.05, 0) is 95.7 Å². The molecule has 3 unspecified atom stereocenters. The van der Waals surface area contributed by atoms with Crippen LogP contribution >= 0.6 is 0 Å². The highest BCUT2D eigenvalue weighted by molar-refractivity contribution is 6.70. The maximum atomic E-state index is 7.29. The zero-order chi connectivity index (χ0) is 28.2. The summed E-state index contributed by atoms with van der Waals surface area (Å²) in [6, 6.07) is 10.7. The van der Waals surface area contributed by atoms with Gasteiger partial charge in [-0.25, -0.2) is 0 Å². The normalized spacial score (nSPS) is 26.5. The van der Waals surface area contributed by atoms with Crippen LogP contribution in [-0.2, 0) is 13.7 Å². The van der Waals surface area contributed by atoms with Crippen LogP contribution in [0, 0.1) is 11.8 Å². The summed E-state index contributed by atoms with van der Waals surface area (Å²) in [6.45, 7) is 30.2. The average molecular weight is 550 g/mol. The van der Waals surface area contributed by atoms with Gasteiger partial charge in [-0.15, -0.1) is 0 Å². The van der Waals surface area contributed by atoms with Crippen LogP contribution in [0.15, 0.2) is 30.3 Å². The highest BCUT2D eigenvalue weighted by Gasteiger charge is 2.60. The van der Waals surface area contributed by atoms with E-state index in [-0.39, 0.29) is 29.4 Å². The second-order valence-corrected chi connectivity index (χ2v) is 22.9. The highest BCUT2D eigenvalue weighted by atomic mass is 28.4. The Labute approximate surface area is 232 Å². The van der Waals surface area contributed by atoms with Crippen molar-refractivity contribution in [3.63, 3.8) is 0 Å². The predicted octanol–water partition coefficient (Wildman–Crippen LogP) is 9.21. The van der Waals surface area contributed by atoms with Crippen LogP contribution < -0.4 is 0 Å². The first-order valence-corrected chi connectivity index (χ1v) is 21.7. The molecule has 1 saturated heterocycles. The third-order valence-electron chi connectivity index (χ3n) is 8.02. The summed E-state index contributed by atoms with van der Waals surface area (Å²) in [5.41, 5.74) is 0.770. The van der Waals surface area contributed by atoms with Crippen LogP contribution in [0.4, 0.5) is 0 Å². The van der Waals surface area contributed by atoms with Gasteiger partial charge in [-0.1, -0.05) is 71.9 Å². The number of piperidine rings is 1. The van der Waals surface area contributed by atoms with Gasteiger partial charge in [0.15, 0.2) is 16.6 Å². The monoisotopic (exact) mass is 549 g/mol. The lowest BCUT2D eigenvalue weighted by molar-refractivity contribution is -0.353. The molecule has 0 spiro atoms. The first kappa shape index (κ1) is 32.7. The summed E-state index contributed by atoms with van der Waals surface area (Å²) in [5, 5.41) is 2.50. The van der Waals surface area contributed by atoms with Crippen molar-refractivity contribution in [2.75, 3.05) is 0 Å². The van der Waals surface area contributed by atoms with E-state index >= 15 is 0 Å². The Hall–Kier alpha value is -0.506. The van der Waals surface area contributed by atoms with Crippen LogP contribution in [-0.4, -0.2) is 45.0 Å². The van der Waals surface area contributed by atoms with Crippen LogP contribution in [0.3, 0.4) is 0 Å². The molecule has 1 aromatic rings. The molecule has 0 radical (unpaired) electrons. The third kappa shape index (κ3) is 7.79. The SMILES string of the molecule is CC[C@@]1(C(O[Si](C)(C)C)C(C)C)CCC[C@@](CC)(C(O[Si](C)(C)C)C(C)C)N1OC(C)c1ccccc1. The summed E-state index contributed by atoms with van der Waals surface area (Å²) in [7, 11) is -3.63. The average Bonchev–Trinajstić information content (AvgIpc) is 2.80. The summed E-state index contributed by atoms with van der Waals surface area (Å²) in [5.74, 6) is 0.765. The molecule has 1 fully saturated rings. The zero-order valence-electron chi connectivity index (χ0n) is 26.5. The van der Waals surface area contributed by atoms with Gasteiger partial charge in [0.25, 0.3) is 0 Å². The Kier molecular flexibility index (Phi) is 11.3.